The second-order valence-electron chi connectivity index (χ2n) is 4.79. The fourth-order valence-electron chi connectivity index (χ4n) is 2.15. The quantitative estimate of drug-likeness (QED) is 0.794. The zero-order valence-corrected chi connectivity index (χ0v) is 11.5. The van der Waals surface area contributed by atoms with Crippen LogP contribution < -0.4 is 0 Å². The van der Waals surface area contributed by atoms with Crippen molar-refractivity contribution in [2.45, 2.75) is 6.54 Å². The van der Waals surface area contributed by atoms with Crippen LogP contribution in [0.4, 0.5) is 0 Å². The Balaban J connectivity index is 1.82. The molecule has 0 aliphatic carbocycles. The normalized spacial score (nSPS) is 10.7. The number of carbonyl (C=O) groups is 1. The molecule has 0 bridgehead atoms. The molecule has 0 saturated heterocycles. The highest BCUT2D eigenvalue weighted by Gasteiger charge is 2.17. The zero-order valence-electron chi connectivity index (χ0n) is 11.5. The number of carbonyl (C=O) groups excluding carboxylic acids is 1. The molecule has 0 spiro atoms. The van der Waals surface area contributed by atoms with Crippen molar-refractivity contribution in [2.24, 2.45) is 0 Å². The van der Waals surface area contributed by atoms with Gasteiger partial charge in [-0.2, -0.15) is 5.10 Å². The minimum Gasteiger partial charge on any atom is -0.508 e. The lowest BCUT2D eigenvalue weighted by atomic mass is 10.2. The van der Waals surface area contributed by atoms with E-state index < -0.39 is 0 Å². The number of benzene rings is 1. The highest BCUT2D eigenvalue weighted by atomic mass is 16.3. The predicted octanol–water partition coefficient (Wildman–Crippen LogP) is 1.71. The Morgan fingerprint density at radius 1 is 1.29 bits per heavy atom. The Kier molecular flexibility index (Phi) is 3.27. The van der Waals surface area contributed by atoms with Crippen molar-refractivity contribution in [3.8, 4) is 5.75 Å². The van der Waals surface area contributed by atoms with Gasteiger partial charge in [-0.25, -0.2) is 4.52 Å². The lowest BCUT2D eigenvalue weighted by molar-refractivity contribution is 0.0787. The number of hydrogen-bond acceptors (Lipinski definition) is 4. The van der Waals surface area contributed by atoms with Gasteiger partial charge >= 0.3 is 0 Å². The monoisotopic (exact) mass is 282 g/mol. The first-order chi connectivity index (χ1) is 10.1. The van der Waals surface area contributed by atoms with E-state index in [9.17, 15) is 9.90 Å². The molecule has 1 aromatic carbocycles. The van der Waals surface area contributed by atoms with E-state index in [1.807, 2.05) is 0 Å². The van der Waals surface area contributed by atoms with Crippen molar-refractivity contribution < 1.29 is 9.90 Å². The van der Waals surface area contributed by atoms with Crippen molar-refractivity contribution >= 4 is 11.4 Å². The number of rotatable bonds is 3. The van der Waals surface area contributed by atoms with E-state index >= 15 is 0 Å². The molecule has 106 valence electrons. The van der Waals surface area contributed by atoms with Gasteiger partial charge in [-0.3, -0.25) is 9.78 Å². The summed E-state index contributed by atoms with van der Waals surface area (Å²) < 4.78 is 1.62. The summed E-state index contributed by atoms with van der Waals surface area (Å²) in [6, 6.07) is 6.79. The molecule has 2 heterocycles. The third-order valence-electron chi connectivity index (χ3n) is 3.26. The first kappa shape index (κ1) is 13.1. The Bertz CT molecular complexity index is 780. The van der Waals surface area contributed by atoms with Crippen molar-refractivity contribution in [3.05, 3.63) is 60.2 Å². The molecular formula is C15H14N4O2. The van der Waals surface area contributed by atoms with Gasteiger partial charge in [0.05, 0.1) is 23.5 Å². The summed E-state index contributed by atoms with van der Waals surface area (Å²) in [6.07, 6.45) is 6.49. The van der Waals surface area contributed by atoms with Crippen LogP contribution in [0.1, 0.15) is 15.9 Å². The van der Waals surface area contributed by atoms with Crippen LogP contribution in [0.2, 0.25) is 0 Å². The summed E-state index contributed by atoms with van der Waals surface area (Å²) in [6.45, 7) is 0.455. The molecule has 1 amide bonds. The molecule has 6 nitrogen and oxygen atoms in total. The molecule has 2 aromatic heterocycles. The summed E-state index contributed by atoms with van der Waals surface area (Å²) in [5.74, 6) is 0.0903. The Morgan fingerprint density at radius 3 is 2.81 bits per heavy atom. The van der Waals surface area contributed by atoms with Crippen molar-refractivity contribution in [1.82, 2.24) is 19.5 Å². The van der Waals surface area contributed by atoms with Crippen LogP contribution in [0.5, 0.6) is 5.75 Å². The molecule has 0 fully saturated rings. The van der Waals surface area contributed by atoms with Crippen LogP contribution >= 0.6 is 0 Å². The summed E-state index contributed by atoms with van der Waals surface area (Å²) >= 11 is 0. The molecule has 1 N–H and O–H groups in total. The molecule has 3 rings (SSSR count). The first-order valence-corrected chi connectivity index (χ1v) is 6.46. The Labute approximate surface area is 121 Å². The third kappa shape index (κ3) is 2.55. The number of aromatic hydroxyl groups is 1. The van der Waals surface area contributed by atoms with Gasteiger partial charge < -0.3 is 10.0 Å². The molecule has 0 aliphatic rings. The number of phenolic OH excluding ortho intramolecular Hbond substituents is 1. The van der Waals surface area contributed by atoms with Crippen LogP contribution in [-0.2, 0) is 6.54 Å². The van der Waals surface area contributed by atoms with E-state index in [-0.39, 0.29) is 11.7 Å². The van der Waals surface area contributed by atoms with Gasteiger partial charge in [0.1, 0.15) is 5.75 Å². The number of aromatic nitrogens is 3. The summed E-state index contributed by atoms with van der Waals surface area (Å²) in [5.41, 5.74) is 2.14. The van der Waals surface area contributed by atoms with Gasteiger partial charge in [-0.15, -0.1) is 0 Å². The van der Waals surface area contributed by atoms with Gasteiger partial charge in [-0.1, -0.05) is 12.1 Å². The summed E-state index contributed by atoms with van der Waals surface area (Å²) in [7, 11) is 1.73. The van der Waals surface area contributed by atoms with Gasteiger partial charge in [0, 0.05) is 26.0 Å². The highest BCUT2D eigenvalue weighted by molar-refractivity contribution is 6.00. The van der Waals surface area contributed by atoms with Crippen molar-refractivity contribution in [1.29, 1.82) is 0 Å². The lowest BCUT2D eigenvalue weighted by Crippen LogP contribution is -2.26. The smallest absolute Gasteiger partial charge is 0.257 e. The minimum atomic E-state index is -0.119. The van der Waals surface area contributed by atoms with E-state index in [1.165, 1.54) is 0 Å². The van der Waals surface area contributed by atoms with E-state index in [1.54, 1.807) is 65.5 Å². The minimum absolute atomic E-state index is 0.119. The van der Waals surface area contributed by atoms with E-state index in [2.05, 4.69) is 10.1 Å². The zero-order chi connectivity index (χ0) is 14.8. The second-order valence-corrected chi connectivity index (χ2v) is 4.79. The number of phenols is 1. The molecule has 0 radical (unpaired) electrons. The molecule has 0 aliphatic heterocycles. The first-order valence-electron chi connectivity index (χ1n) is 6.46. The fraction of sp³-hybridized carbons (Fsp3) is 0.133. The van der Waals surface area contributed by atoms with Gasteiger partial charge in [0.2, 0.25) is 0 Å². The molecule has 6 heteroatoms. The van der Waals surface area contributed by atoms with E-state index in [4.69, 9.17) is 0 Å². The topological polar surface area (TPSA) is 70.7 Å². The molecule has 0 saturated carbocycles. The third-order valence-corrected chi connectivity index (χ3v) is 3.26. The van der Waals surface area contributed by atoms with Gasteiger partial charge in [0.25, 0.3) is 5.91 Å². The average Bonchev–Trinajstić information content (AvgIpc) is 2.92. The molecule has 3 aromatic rings. The maximum absolute atomic E-state index is 12.5. The standard InChI is InChI=1S/C15H14N4O2/c1-18(10-11-2-4-12(20)5-3-11)15(21)13-8-17-19-7-6-16-9-14(13)19/h2-9,20H,10H2,1H3. The van der Waals surface area contributed by atoms with Crippen LogP contribution in [0.15, 0.2) is 49.1 Å². The Morgan fingerprint density at radius 2 is 2.05 bits per heavy atom. The number of fused-ring (bicyclic) bond motifs is 1. The summed E-state index contributed by atoms with van der Waals surface area (Å²) in [5, 5.41) is 13.4. The van der Waals surface area contributed by atoms with Gasteiger partial charge in [-0.05, 0) is 17.7 Å². The van der Waals surface area contributed by atoms with Crippen molar-refractivity contribution in [2.75, 3.05) is 7.05 Å². The van der Waals surface area contributed by atoms with E-state index in [0.717, 1.165) is 5.56 Å². The average molecular weight is 282 g/mol. The van der Waals surface area contributed by atoms with Crippen LogP contribution in [-0.4, -0.2) is 37.6 Å². The largest absolute Gasteiger partial charge is 0.508 e. The fourth-order valence-corrected chi connectivity index (χ4v) is 2.15. The number of nitrogens with zero attached hydrogens (tertiary/aromatic N) is 4. The molecule has 21 heavy (non-hydrogen) atoms. The van der Waals surface area contributed by atoms with Gasteiger partial charge in [0.15, 0.2) is 0 Å². The number of amides is 1. The number of hydrogen-bond donors (Lipinski definition) is 1. The predicted molar refractivity (Wildman–Crippen MR) is 76.9 cm³/mol. The SMILES string of the molecule is CN(Cc1ccc(O)cc1)C(=O)c1cnn2ccncc12. The highest BCUT2D eigenvalue weighted by Crippen LogP contribution is 2.15. The lowest BCUT2D eigenvalue weighted by Gasteiger charge is -2.16. The molecule has 0 atom stereocenters. The second kappa shape index (κ2) is 5.24. The summed E-state index contributed by atoms with van der Waals surface area (Å²) in [4.78, 5) is 18.1. The van der Waals surface area contributed by atoms with E-state index in [0.29, 0.717) is 17.6 Å². The van der Waals surface area contributed by atoms with Crippen LogP contribution in [0.25, 0.3) is 5.52 Å². The van der Waals surface area contributed by atoms with Crippen LogP contribution in [0, 0.1) is 0 Å². The van der Waals surface area contributed by atoms with Crippen LogP contribution in [0.3, 0.4) is 0 Å². The molecule has 0 unspecified atom stereocenters. The van der Waals surface area contributed by atoms with Crippen molar-refractivity contribution in [3.63, 3.8) is 0 Å². The maximum Gasteiger partial charge on any atom is 0.257 e. The Hall–Kier alpha value is -2.89. The maximum atomic E-state index is 12.5. The molecular weight excluding hydrogens is 268 g/mol.